The number of fused-ring (bicyclic) bond motifs is 1. The van der Waals surface area contributed by atoms with Gasteiger partial charge in [-0.3, -0.25) is 4.79 Å². The maximum atomic E-state index is 12.8. The highest BCUT2D eigenvalue weighted by molar-refractivity contribution is 5.98. The van der Waals surface area contributed by atoms with E-state index in [1.165, 1.54) is 0 Å². The standard InChI is InChI=1S/C25H29N3O5/c1-3-32-24(30)21-16(2)26-25(31)27-23(21)22-18-10-6-5-9-17(18)11-12-19(22)33-15-20(29)28-13-7-4-8-14-28/h5-6,9-12,23H,3-4,7-8,13-15H2,1-2H3,(H2,26,27,31)/t23-/m0/s1. The van der Waals surface area contributed by atoms with Crippen LogP contribution in [0.15, 0.2) is 47.7 Å². The van der Waals surface area contributed by atoms with Crippen LogP contribution in [0.1, 0.15) is 44.7 Å². The molecule has 1 fully saturated rings. The van der Waals surface area contributed by atoms with Crippen molar-refractivity contribution in [2.45, 2.75) is 39.2 Å². The zero-order valence-electron chi connectivity index (χ0n) is 19.0. The number of urea groups is 1. The minimum absolute atomic E-state index is 0.0690. The lowest BCUT2D eigenvalue weighted by atomic mass is 9.90. The van der Waals surface area contributed by atoms with Crippen LogP contribution in [0.4, 0.5) is 4.79 Å². The highest BCUT2D eigenvalue weighted by Gasteiger charge is 2.35. The van der Waals surface area contributed by atoms with Crippen LogP contribution in [-0.2, 0) is 14.3 Å². The van der Waals surface area contributed by atoms with E-state index in [1.54, 1.807) is 19.9 Å². The minimum Gasteiger partial charge on any atom is -0.483 e. The Bertz CT molecular complexity index is 1100. The predicted octanol–water partition coefficient (Wildman–Crippen LogP) is 3.42. The smallest absolute Gasteiger partial charge is 0.338 e. The monoisotopic (exact) mass is 451 g/mol. The van der Waals surface area contributed by atoms with Crippen LogP contribution >= 0.6 is 0 Å². The molecule has 0 unspecified atom stereocenters. The molecule has 2 heterocycles. The van der Waals surface area contributed by atoms with Gasteiger partial charge in [-0.2, -0.15) is 0 Å². The molecule has 8 nitrogen and oxygen atoms in total. The largest absolute Gasteiger partial charge is 0.483 e. The fourth-order valence-corrected chi connectivity index (χ4v) is 4.46. The average molecular weight is 452 g/mol. The second kappa shape index (κ2) is 9.94. The van der Waals surface area contributed by atoms with Crippen LogP contribution in [0.2, 0.25) is 0 Å². The first kappa shape index (κ1) is 22.6. The van der Waals surface area contributed by atoms with Gasteiger partial charge in [0.2, 0.25) is 0 Å². The van der Waals surface area contributed by atoms with Crippen molar-refractivity contribution in [1.82, 2.24) is 15.5 Å². The van der Waals surface area contributed by atoms with Crippen molar-refractivity contribution in [3.8, 4) is 5.75 Å². The second-order valence-corrected chi connectivity index (χ2v) is 8.22. The fraction of sp³-hybridized carbons (Fsp3) is 0.400. The van der Waals surface area contributed by atoms with Crippen LogP contribution in [-0.4, -0.2) is 49.1 Å². The highest BCUT2D eigenvalue weighted by atomic mass is 16.5. The van der Waals surface area contributed by atoms with Crippen molar-refractivity contribution in [3.63, 3.8) is 0 Å². The number of carbonyl (C=O) groups excluding carboxylic acids is 3. The molecule has 174 valence electrons. The number of amides is 3. The number of hydrogen-bond acceptors (Lipinski definition) is 5. The molecule has 0 aliphatic carbocycles. The maximum absolute atomic E-state index is 12.8. The average Bonchev–Trinajstić information content (AvgIpc) is 2.82. The lowest BCUT2D eigenvalue weighted by Crippen LogP contribution is -2.45. The Morgan fingerprint density at radius 1 is 1.09 bits per heavy atom. The van der Waals surface area contributed by atoms with Crippen LogP contribution < -0.4 is 15.4 Å². The van der Waals surface area contributed by atoms with Gasteiger partial charge >= 0.3 is 12.0 Å². The van der Waals surface area contributed by atoms with Gasteiger partial charge in [0.15, 0.2) is 6.61 Å². The summed E-state index contributed by atoms with van der Waals surface area (Å²) in [5, 5.41) is 7.26. The Morgan fingerprint density at radius 3 is 2.61 bits per heavy atom. The summed E-state index contributed by atoms with van der Waals surface area (Å²) in [4.78, 5) is 39.8. The van der Waals surface area contributed by atoms with E-state index in [9.17, 15) is 14.4 Å². The number of benzene rings is 2. The number of allylic oxidation sites excluding steroid dienone is 1. The molecule has 33 heavy (non-hydrogen) atoms. The normalized spacial score (nSPS) is 18.5. The summed E-state index contributed by atoms with van der Waals surface area (Å²) in [6.45, 7) is 4.99. The molecule has 3 amide bonds. The molecule has 4 rings (SSSR count). The molecular formula is C25H29N3O5. The van der Waals surface area contributed by atoms with Crippen LogP contribution in [0, 0.1) is 0 Å². The van der Waals surface area contributed by atoms with E-state index in [4.69, 9.17) is 9.47 Å². The number of nitrogens with one attached hydrogen (secondary N) is 2. The molecule has 2 aromatic rings. The number of nitrogens with zero attached hydrogens (tertiary/aromatic N) is 1. The number of carbonyl (C=O) groups is 3. The number of likely N-dealkylation sites (tertiary alicyclic amines) is 1. The van der Waals surface area contributed by atoms with Crippen LogP contribution in [0.25, 0.3) is 10.8 Å². The van der Waals surface area contributed by atoms with E-state index in [1.807, 2.05) is 35.2 Å². The second-order valence-electron chi connectivity index (χ2n) is 8.22. The van der Waals surface area contributed by atoms with Crippen molar-refractivity contribution < 1.29 is 23.9 Å². The molecule has 2 aromatic carbocycles. The molecule has 8 heteroatoms. The zero-order chi connectivity index (χ0) is 23.4. The Balaban J connectivity index is 1.74. The lowest BCUT2D eigenvalue weighted by molar-refractivity contribution is -0.139. The lowest BCUT2D eigenvalue weighted by Gasteiger charge is -2.30. The third kappa shape index (κ3) is 4.79. The third-order valence-corrected chi connectivity index (χ3v) is 6.04. The topological polar surface area (TPSA) is 97.0 Å². The molecule has 0 bridgehead atoms. The van der Waals surface area contributed by atoms with E-state index >= 15 is 0 Å². The summed E-state index contributed by atoms with van der Waals surface area (Å²) in [6, 6.07) is 10.1. The van der Waals surface area contributed by atoms with E-state index in [0.29, 0.717) is 22.6 Å². The summed E-state index contributed by atoms with van der Waals surface area (Å²) < 4.78 is 11.3. The summed E-state index contributed by atoms with van der Waals surface area (Å²) in [5.41, 5.74) is 1.35. The van der Waals surface area contributed by atoms with Crippen LogP contribution in [0.3, 0.4) is 0 Å². The first-order valence-electron chi connectivity index (χ1n) is 11.4. The van der Waals surface area contributed by atoms with Gasteiger partial charge in [-0.15, -0.1) is 0 Å². The molecule has 0 saturated carbocycles. The van der Waals surface area contributed by atoms with Gasteiger partial charge in [0.1, 0.15) is 5.75 Å². The molecule has 0 spiro atoms. The summed E-state index contributed by atoms with van der Waals surface area (Å²) in [7, 11) is 0. The quantitative estimate of drug-likeness (QED) is 0.656. The summed E-state index contributed by atoms with van der Waals surface area (Å²) in [5.74, 6) is -0.142. The van der Waals surface area contributed by atoms with Gasteiger partial charge in [-0.05, 0) is 49.9 Å². The van der Waals surface area contributed by atoms with Crippen molar-refractivity contribution in [1.29, 1.82) is 0 Å². The molecule has 1 saturated heterocycles. The van der Waals surface area contributed by atoms with Gasteiger partial charge in [0, 0.05) is 24.4 Å². The zero-order valence-corrected chi connectivity index (χ0v) is 19.0. The van der Waals surface area contributed by atoms with E-state index in [2.05, 4.69) is 10.6 Å². The van der Waals surface area contributed by atoms with Gasteiger partial charge in [0.25, 0.3) is 5.91 Å². The Labute approximate surface area is 192 Å². The van der Waals surface area contributed by atoms with E-state index < -0.39 is 18.0 Å². The first-order valence-corrected chi connectivity index (χ1v) is 11.4. The van der Waals surface area contributed by atoms with E-state index in [-0.39, 0.29) is 19.1 Å². The molecular weight excluding hydrogens is 422 g/mol. The van der Waals surface area contributed by atoms with E-state index in [0.717, 1.165) is 43.1 Å². The fourth-order valence-electron chi connectivity index (χ4n) is 4.46. The Kier molecular flexibility index (Phi) is 6.82. The first-order chi connectivity index (χ1) is 16.0. The van der Waals surface area contributed by atoms with Gasteiger partial charge in [-0.25, -0.2) is 9.59 Å². The summed E-state index contributed by atoms with van der Waals surface area (Å²) >= 11 is 0. The summed E-state index contributed by atoms with van der Waals surface area (Å²) in [6.07, 6.45) is 3.14. The maximum Gasteiger partial charge on any atom is 0.338 e. The minimum atomic E-state index is -0.788. The third-order valence-electron chi connectivity index (χ3n) is 6.04. The van der Waals surface area contributed by atoms with Crippen molar-refractivity contribution >= 4 is 28.7 Å². The molecule has 0 radical (unpaired) electrons. The number of hydrogen-bond donors (Lipinski definition) is 2. The number of piperidine rings is 1. The number of rotatable bonds is 6. The molecule has 0 aromatic heterocycles. The molecule has 2 N–H and O–H groups in total. The SMILES string of the molecule is CCOC(=O)C1=C(C)NC(=O)N[C@@H]1c1c(OCC(=O)N2CCCCC2)ccc2ccccc12. The van der Waals surface area contributed by atoms with Crippen LogP contribution in [0.5, 0.6) is 5.75 Å². The molecule has 1 atom stereocenters. The number of ether oxygens (including phenoxy) is 2. The van der Waals surface area contributed by atoms with Crippen molar-refractivity contribution in [3.05, 3.63) is 53.2 Å². The Hall–Kier alpha value is -3.55. The number of esters is 1. The van der Waals surface area contributed by atoms with Crippen molar-refractivity contribution in [2.75, 3.05) is 26.3 Å². The Morgan fingerprint density at radius 2 is 1.85 bits per heavy atom. The van der Waals surface area contributed by atoms with Gasteiger partial charge < -0.3 is 25.0 Å². The van der Waals surface area contributed by atoms with Gasteiger partial charge in [-0.1, -0.05) is 30.3 Å². The van der Waals surface area contributed by atoms with Gasteiger partial charge in [0.05, 0.1) is 18.2 Å². The molecule has 2 aliphatic heterocycles. The highest BCUT2D eigenvalue weighted by Crippen LogP contribution is 2.38. The van der Waals surface area contributed by atoms with Crippen molar-refractivity contribution in [2.24, 2.45) is 0 Å². The predicted molar refractivity (Wildman–Crippen MR) is 124 cm³/mol. The molecule has 2 aliphatic rings.